The highest BCUT2D eigenvalue weighted by molar-refractivity contribution is 7.88. The summed E-state index contributed by atoms with van der Waals surface area (Å²) < 4.78 is 33.7. The van der Waals surface area contributed by atoms with Crippen molar-refractivity contribution in [2.45, 2.75) is 75.1 Å². The van der Waals surface area contributed by atoms with E-state index in [2.05, 4.69) is 51.0 Å². The normalized spacial score (nSPS) is 32.1. The van der Waals surface area contributed by atoms with Crippen LogP contribution in [0.3, 0.4) is 0 Å². The Morgan fingerprint density at radius 2 is 1.76 bits per heavy atom. The SMILES string of the molecule is CS(=O)(=O)N[C@H]1C[C@@H]2CC[C@H](C1COC1CCC(c3ccccc3)CC1)N2c1ccccn1. The van der Waals surface area contributed by atoms with Crippen LogP contribution in [0.2, 0.25) is 0 Å². The minimum Gasteiger partial charge on any atom is -0.378 e. The molecule has 3 heterocycles. The lowest BCUT2D eigenvalue weighted by molar-refractivity contribution is -0.00899. The molecule has 2 saturated heterocycles. The molecule has 7 heteroatoms. The summed E-state index contributed by atoms with van der Waals surface area (Å²) in [6.07, 6.45) is 10.7. The van der Waals surface area contributed by atoms with Crippen LogP contribution in [0.1, 0.15) is 56.4 Å². The molecule has 2 aliphatic heterocycles. The molecule has 0 spiro atoms. The van der Waals surface area contributed by atoms with Crippen molar-refractivity contribution < 1.29 is 13.2 Å². The highest BCUT2D eigenvalue weighted by Gasteiger charge is 2.48. The smallest absolute Gasteiger partial charge is 0.208 e. The highest BCUT2D eigenvalue weighted by atomic mass is 32.2. The zero-order valence-electron chi connectivity index (χ0n) is 19.3. The summed E-state index contributed by atoms with van der Waals surface area (Å²) in [4.78, 5) is 7.04. The standard InChI is InChI=1S/C26H35N3O3S/c1-33(30,31)28-24-17-21-12-15-25(29(21)26-9-5-6-16-27-26)23(24)18-32-22-13-10-20(11-14-22)19-7-3-2-4-8-19/h2-9,16,20-25,28H,10-15,17-18H2,1H3/t20?,21-,22?,23?,24-,25+/m0/s1. The van der Waals surface area contributed by atoms with Gasteiger partial charge in [-0.05, 0) is 68.6 Å². The van der Waals surface area contributed by atoms with E-state index < -0.39 is 10.0 Å². The molecule has 1 aromatic carbocycles. The van der Waals surface area contributed by atoms with Gasteiger partial charge in [-0.15, -0.1) is 0 Å². The zero-order chi connectivity index (χ0) is 22.8. The van der Waals surface area contributed by atoms with E-state index in [4.69, 9.17) is 4.74 Å². The Morgan fingerprint density at radius 1 is 1.00 bits per heavy atom. The Labute approximate surface area is 197 Å². The maximum atomic E-state index is 12.1. The number of rotatable bonds is 7. The van der Waals surface area contributed by atoms with E-state index in [1.807, 2.05) is 18.3 Å². The largest absolute Gasteiger partial charge is 0.378 e. The van der Waals surface area contributed by atoms with Crippen LogP contribution in [-0.2, 0) is 14.8 Å². The van der Waals surface area contributed by atoms with Gasteiger partial charge in [0.1, 0.15) is 5.82 Å². The summed E-state index contributed by atoms with van der Waals surface area (Å²) in [6, 6.07) is 17.3. The Hall–Kier alpha value is -1.96. The molecule has 2 bridgehead atoms. The first kappa shape index (κ1) is 22.8. The van der Waals surface area contributed by atoms with Crippen LogP contribution in [0.4, 0.5) is 5.82 Å². The van der Waals surface area contributed by atoms with Crippen molar-refractivity contribution in [2.24, 2.45) is 5.92 Å². The van der Waals surface area contributed by atoms with Crippen LogP contribution in [0.25, 0.3) is 0 Å². The van der Waals surface area contributed by atoms with Gasteiger partial charge in [0, 0.05) is 30.2 Å². The first-order valence-corrected chi connectivity index (χ1v) is 14.2. The van der Waals surface area contributed by atoms with Crippen LogP contribution >= 0.6 is 0 Å². The minimum atomic E-state index is -3.28. The molecular formula is C26H35N3O3S. The van der Waals surface area contributed by atoms with Crippen LogP contribution in [0, 0.1) is 5.92 Å². The van der Waals surface area contributed by atoms with E-state index in [0.29, 0.717) is 18.6 Å². The van der Waals surface area contributed by atoms with Gasteiger partial charge in [0.05, 0.1) is 19.0 Å². The topological polar surface area (TPSA) is 71.5 Å². The monoisotopic (exact) mass is 469 g/mol. The molecule has 1 unspecified atom stereocenters. The molecule has 1 aliphatic carbocycles. The Balaban J connectivity index is 1.26. The van der Waals surface area contributed by atoms with Gasteiger partial charge in [-0.25, -0.2) is 18.1 Å². The molecule has 0 amide bonds. The van der Waals surface area contributed by atoms with Crippen LogP contribution in [0.15, 0.2) is 54.7 Å². The summed E-state index contributed by atoms with van der Waals surface area (Å²) >= 11 is 0. The van der Waals surface area contributed by atoms with E-state index in [1.165, 1.54) is 11.8 Å². The van der Waals surface area contributed by atoms with Gasteiger partial charge in [0.25, 0.3) is 0 Å². The molecule has 3 fully saturated rings. The molecule has 1 N–H and O–H groups in total. The maximum Gasteiger partial charge on any atom is 0.208 e. The number of aromatic nitrogens is 1. The average molecular weight is 470 g/mol. The second kappa shape index (κ2) is 9.72. The predicted octanol–water partition coefficient (Wildman–Crippen LogP) is 4.10. The molecule has 5 rings (SSSR count). The summed E-state index contributed by atoms with van der Waals surface area (Å²) in [5.74, 6) is 1.74. The van der Waals surface area contributed by atoms with Gasteiger partial charge in [0.2, 0.25) is 10.0 Å². The van der Waals surface area contributed by atoms with E-state index in [0.717, 1.165) is 50.8 Å². The van der Waals surface area contributed by atoms with Crippen molar-refractivity contribution >= 4 is 15.8 Å². The van der Waals surface area contributed by atoms with Crippen molar-refractivity contribution in [3.8, 4) is 0 Å². The lowest BCUT2D eigenvalue weighted by atomic mass is 9.82. The number of anilines is 1. The van der Waals surface area contributed by atoms with E-state index in [9.17, 15) is 8.42 Å². The first-order chi connectivity index (χ1) is 16.0. The number of nitrogens with zero attached hydrogens (tertiary/aromatic N) is 2. The highest BCUT2D eigenvalue weighted by Crippen LogP contribution is 2.42. The fourth-order valence-corrected chi connectivity index (χ4v) is 7.16. The van der Waals surface area contributed by atoms with Crippen LogP contribution in [0.5, 0.6) is 0 Å². The summed E-state index contributed by atoms with van der Waals surface area (Å²) in [5, 5.41) is 0. The van der Waals surface area contributed by atoms with Crippen molar-refractivity contribution in [1.29, 1.82) is 0 Å². The predicted molar refractivity (Wildman–Crippen MR) is 131 cm³/mol. The number of nitrogens with one attached hydrogen (secondary N) is 1. The van der Waals surface area contributed by atoms with Crippen molar-refractivity contribution in [1.82, 2.24) is 9.71 Å². The Kier molecular flexibility index (Phi) is 6.72. The number of hydrogen-bond donors (Lipinski definition) is 1. The molecule has 3 aliphatic rings. The third-order valence-corrected chi connectivity index (χ3v) is 8.56. The number of hydrogen-bond acceptors (Lipinski definition) is 5. The third-order valence-electron chi connectivity index (χ3n) is 7.83. The van der Waals surface area contributed by atoms with E-state index >= 15 is 0 Å². The zero-order valence-corrected chi connectivity index (χ0v) is 20.2. The number of sulfonamides is 1. The molecule has 2 aromatic rings. The molecule has 1 saturated carbocycles. The number of benzene rings is 1. The number of pyridine rings is 1. The van der Waals surface area contributed by atoms with Gasteiger partial charge in [-0.3, -0.25) is 0 Å². The number of ether oxygens (including phenoxy) is 1. The lowest BCUT2D eigenvalue weighted by Gasteiger charge is -2.45. The summed E-state index contributed by atoms with van der Waals surface area (Å²) in [7, 11) is -3.28. The van der Waals surface area contributed by atoms with Gasteiger partial charge in [-0.2, -0.15) is 0 Å². The van der Waals surface area contributed by atoms with Gasteiger partial charge >= 0.3 is 0 Å². The Morgan fingerprint density at radius 3 is 2.45 bits per heavy atom. The van der Waals surface area contributed by atoms with Crippen LogP contribution in [-0.4, -0.2) is 50.5 Å². The average Bonchev–Trinajstić information content (AvgIpc) is 3.15. The lowest BCUT2D eigenvalue weighted by Crippen LogP contribution is -2.58. The fraction of sp³-hybridized carbons (Fsp3) is 0.577. The second-order valence-electron chi connectivity index (χ2n) is 10.0. The molecule has 33 heavy (non-hydrogen) atoms. The fourth-order valence-electron chi connectivity index (χ4n) is 6.34. The van der Waals surface area contributed by atoms with E-state index in [1.54, 1.807) is 0 Å². The molecule has 4 atom stereocenters. The molecule has 1 aromatic heterocycles. The number of piperidine rings is 1. The van der Waals surface area contributed by atoms with Gasteiger partial charge < -0.3 is 9.64 Å². The van der Waals surface area contributed by atoms with Crippen molar-refractivity contribution in [2.75, 3.05) is 17.8 Å². The maximum absolute atomic E-state index is 12.1. The molecule has 6 nitrogen and oxygen atoms in total. The third kappa shape index (κ3) is 5.26. The molecule has 178 valence electrons. The first-order valence-electron chi connectivity index (χ1n) is 12.3. The quantitative estimate of drug-likeness (QED) is 0.661. The van der Waals surface area contributed by atoms with Gasteiger partial charge in [0.15, 0.2) is 0 Å². The molecule has 0 radical (unpaired) electrons. The van der Waals surface area contributed by atoms with Gasteiger partial charge in [-0.1, -0.05) is 36.4 Å². The van der Waals surface area contributed by atoms with Crippen LogP contribution < -0.4 is 9.62 Å². The minimum absolute atomic E-state index is 0.0851. The Bertz CT molecular complexity index is 1010. The summed E-state index contributed by atoms with van der Waals surface area (Å²) in [6.45, 7) is 0.592. The van der Waals surface area contributed by atoms with E-state index in [-0.39, 0.29) is 24.1 Å². The second-order valence-corrected chi connectivity index (χ2v) is 11.8. The van der Waals surface area contributed by atoms with Crippen molar-refractivity contribution in [3.05, 3.63) is 60.3 Å². The molecular weight excluding hydrogens is 434 g/mol. The van der Waals surface area contributed by atoms with Crippen molar-refractivity contribution in [3.63, 3.8) is 0 Å². The summed E-state index contributed by atoms with van der Waals surface area (Å²) in [5.41, 5.74) is 1.43. The number of fused-ring (bicyclic) bond motifs is 2.